The average Bonchev–Trinajstić information content (AvgIpc) is 3.41. The molecule has 0 N–H and O–H groups in total. The molecule has 1 aliphatic heterocycles. The number of piperidine rings is 1. The largest absolute Gasteiger partial charge is 0.481 e. The Bertz CT molecular complexity index is 783. The minimum Gasteiger partial charge on any atom is -0.481 e. The third kappa shape index (κ3) is 3.38. The zero-order valence-electron chi connectivity index (χ0n) is 15.1. The highest BCUT2D eigenvalue weighted by Crippen LogP contribution is 2.36. The molecule has 7 nitrogen and oxygen atoms in total. The van der Waals surface area contributed by atoms with Gasteiger partial charge in [0.25, 0.3) is 5.91 Å². The van der Waals surface area contributed by atoms with E-state index < -0.39 is 0 Å². The van der Waals surface area contributed by atoms with E-state index in [0.717, 1.165) is 42.3 Å². The summed E-state index contributed by atoms with van der Waals surface area (Å²) in [6, 6.07) is 2.86. The molecule has 2 aromatic heterocycles. The number of nitrogens with zero attached hydrogens (tertiary/aromatic N) is 5. The quantitative estimate of drug-likeness (QED) is 0.802. The van der Waals surface area contributed by atoms with Gasteiger partial charge >= 0.3 is 0 Å². The summed E-state index contributed by atoms with van der Waals surface area (Å²) in [5.41, 5.74) is 2.57. The van der Waals surface area contributed by atoms with Crippen molar-refractivity contribution in [2.75, 3.05) is 25.1 Å². The van der Waals surface area contributed by atoms with Crippen molar-refractivity contribution in [3.8, 4) is 5.88 Å². The van der Waals surface area contributed by atoms with Gasteiger partial charge in [0, 0.05) is 31.2 Å². The van der Waals surface area contributed by atoms with Crippen molar-refractivity contribution < 1.29 is 9.53 Å². The number of rotatable bonds is 5. The van der Waals surface area contributed by atoms with Crippen LogP contribution >= 0.6 is 11.3 Å². The van der Waals surface area contributed by atoms with E-state index in [9.17, 15) is 4.79 Å². The molecule has 2 aromatic rings. The van der Waals surface area contributed by atoms with E-state index in [0.29, 0.717) is 18.0 Å². The van der Waals surface area contributed by atoms with Gasteiger partial charge in [0.2, 0.25) is 5.88 Å². The Labute approximate surface area is 157 Å². The second kappa shape index (κ2) is 7.19. The Kier molecular flexibility index (Phi) is 4.76. The van der Waals surface area contributed by atoms with E-state index in [1.165, 1.54) is 24.2 Å². The molecule has 1 saturated heterocycles. The van der Waals surface area contributed by atoms with Crippen molar-refractivity contribution >= 4 is 23.1 Å². The lowest BCUT2D eigenvalue weighted by Gasteiger charge is -2.39. The number of carbonyl (C=O) groups is 1. The van der Waals surface area contributed by atoms with Crippen molar-refractivity contribution in [3.63, 3.8) is 0 Å². The Hall–Kier alpha value is -2.22. The van der Waals surface area contributed by atoms with Crippen molar-refractivity contribution in [1.82, 2.24) is 19.9 Å². The van der Waals surface area contributed by atoms with Gasteiger partial charge in [-0.25, -0.2) is 15.0 Å². The van der Waals surface area contributed by atoms with Crippen LogP contribution in [0, 0.1) is 6.92 Å². The van der Waals surface area contributed by atoms with Crippen LogP contribution in [0.3, 0.4) is 0 Å². The molecular weight excluding hydrogens is 350 g/mol. The number of likely N-dealkylation sites (tertiary alicyclic amines) is 1. The minimum atomic E-state index is 0.116. The number of carbonyl (C=O) groups excluding carboxylic acids is 1. The number of hydrogen-bond donors (Lipinski definition) is 0. The zero-order valence-corrected chi connectivity index (χ0v) is 15.9. The van der Waals surface area contributed by atoms with Gasteiger partial charge in [-0.3, -0.25) is 4.79 Å². The molecule has 0 unspecified atom stereocenters. The fourth-order valence-corrected chi connectivity index (χ4v) is 4.38. The third-order valence-electron chi connectivity index (χ3n) is 5.13. The summed E-state index contributed by atoms with van der Waals surface area (Å²) in [6.45, 7) is 3.44. The van der Waals surface area contributed by atoms with E-state index in [2.05, 4.69) is 19.9 Å². The van der Waals surface area contributed by atoms with Crippen molar-refractivity contribution in [1.29, 1.82) is 0 Å². The molecule has 2 aliphatic rings. The first-order valence-corrected chi connectivity index (χ1v) is 9.89. The summed E-state index contributed by atoms with van der Waals surface area (Å²) in [5.74, 6) is 1.64. The van der Waals surface area contributed by atoms with Crippen LogP contribution in [-0.2, 0) is 0 Å². The predicted octanol–water partition coefficient (Wildman–Crippen LogP) is 2.52. The number of aryl methyl sites for hydroxylation is 1. The van der Waals surface area contributed by atoms with E-state index in [4.69, 9.17) is 4.74 Å². The number of thiazole rings is 1. The van der Waals surface area contributed by atoms with Crippen molar-refractivity contribution in [2.45, 2.75) is 44.7 Å². The predicted molar refractivity (Wildman–Crippen MR) is 99.9 cm³/mol. The second-order valence-corrected chi connectivity index (χ2v) is 7.70. The highest BCUT2D eigenvalue weighted by atomic mass is 32.1. The smallest absolute Gasteiger partial charge is 0.265 e. The molecular formula is C18H23N5O2S. The van der Waals surface area contributed by atoms with Gasteiger partial charge in [-0.15, -0.1) is 11.3 Å². The van der Waals surface area contributed by atoms with Gasteiger partial charge < -0.3 is 14.5 Å². The molecule has 1 aliphatic carbocycles. The fourth-order valence-electron chi connectivity index (χ4n) is 3.61. The van der Waals surface area contributed by atoms with Crippen LogP contribution in [0.4, 0.5) is 5.82 Å². The van der Waals surface area contributed by atoms with Gasteiger partial charge in [-0.2, -0.15) is 0 Å². The maximum Gasteiger partial charge on any atom is 0.265 e. The van der Waals surface area contributed by atoms with Crippen LogP contribution in [0.25, 0.3) is 0 Å². The summed E-state index contributed by atoms with van der Waals surface area (Å²) in [4.78, 5) is 30.6. The zero-order chi connectivity index (χ0) is 18.1. The molecule has 0 bridgehead atoms. The molecule has 8 heteroatoms. The highest BCUT2D eigenvalue weighted by Gasteiger charge is 2.37. The van der Waals surface area contributed by atoms with E-state index in [-0.39, 0.29) is 5.91 Å². The lowest BCUT2D eigenvalue weighted by molar-refractivity contribution is 0.0716. The van der Waals surface area contributed by atoms with Gasteiger partial charge in [-0.1, -0.05) is 0 Å². The number of amides is 1. The fraction of sp³-hybridized carbons (Fsp3) is 0.556. The van der Waals surface area contributed by atoms with Gasteiger partial charge in [0.05, 0.1) is 18.3 Å². The molecule has 4 rings (SSSR count). The van der Waals surface area contributed by atoms with Crippen molar-refractivity contribution in [3.05, 3.63) is 28.5 Å². The van der Waals surface area contributed by atoms with Crippen LogP contribution in [0.2, 0.25) is 0 Å². The lowest BCUT2D eigenvalue weighted by atomic mass is 10.0. The normalized spacial score (nSPS) is 18.0. The molecule has 1 saturated carbocycles. The maximum atomic E-state index is 12.7. The van der Waals surface area contributed by atoms with Gasteiger partial charge in [-0.05, 0) is 32.6 Å². The third-order valence-corrected chi connectivity index (χ3v) is 6.04. The summed E-state index contributed by atoms with van der Waals surface area (Å²) in [5, 5.41) is 0. The first-order valence-electron chi connectivity index (χ1n) is 9.01. The van der Waals surface area contributed by atoms with Crippen molar-refractivity contribution in [2.24, 2.45) is 0 Å². The van der Waals surface area contributed by atoms with Crippen LogP contribution in [0.1, 0.15) is 41.0 Å². The summed E-state index contributed by atoms with van der Waals surface area (Å²) in [6.07, 6.45) is 5.87. The molecule has 26 heavy (non-hydrogen) atoms. The molecule has 0 radical (unpaired) electrons. The summed E-state index contributed by atoms with van der Waals surface area (Å²) in [7, 11) is 1.62. The number of hydrogen-bond acceptors (Lipinski definition) is 7. The Balaban J connectivity index is 1.45. The highest BCUT2D eigenvalue weighted by molar-refractivity contribution is 7.11. The van der Waals surface area contributed by atoms with Gasteiger partial charge in [0.1, 0.15) is 17.0 Å². The van der Waals surface area contributed by atoms with Crippen LogP contribution in [0.5, 0.6) is 5.88 Å². The number of ether oxygens (including phenoxy) is 1. The van der Waals surface area contributed by atoms with Crippen LogP contribution < -0.4 is 9.64 Å². The molecule has 3 heterocycles. The number of methoxy groups -OCH3 is 1. The molecule has 1 amide bonds. The molecule has 2 fully saturated rings. The molecule has 0 spiro atoms. The minimum absolute atomic E-state index is 0.116. The maximum absolute atomic E-state index is 12.7. The summed E-state index contributed by atoms with van der Waals surface area (Å²) >= 11 is 1.43. The Morgan fingerprint density at radius 3 is 2.54 bits per heavy atom. The Morgan fingerprint density at radius 1 is 1.19 bits per heavy atom. The first-order chi connectivity index (χ1) is 12.7. The Morgan fingerprint density at radius 2 is 1.92 bits per heavy atom. The lowest BCUT2D eigenvalue weighted by Crippen LogP contribution is -2.48. The standard InChI is InChI=1S/C18H23N5O2S/c1-12-17(26-11-21-12)18(24)22-7-5-14(6-8-22)23(13-3-4-13)15-9-16(25-2)20-10-19-15/h9-11,13-14H,3-8H2,1-2H3. The van der Waals surface area contributed by atoms with E-state index in [1.54, 1.807) is 18.9 Å². The van der Waals surface area contributed by atoms with E-state index >= 15 is 0 Å². The molecule has 138 valence electrons. The number of aromatic nitrogens is 3. The van der Waals surface area contributed by atoms with Crippen LogP contribution in [0.15, 0.2) is 17.9 Å². The molecule has 0 atom stereocenters. The van der Waals surface area contributed by atoms with Gasteiger partial charge in [0.15, 0.2) is 0 Å². The van der Waals surface area contributed by atoms with Crippen LogP contribution in [-0.4, -0.2) is 58.0 Å². The van der Waals surface area contributed by atoms with E-state index in [1.807, 2.05) is 17.9 Å². The second-order valence-electron chi connectivity index (χ2n) is 6.85. The SMILES string of the molecule is COc1cc(N(C2CC2)C2CCN(C(=O)c3scnc3C)CC2)ncn1. The first kappa shape index (κ1) is 17.2. The average molecular weight is 373 g/mol. The monoisotopic (exact) mass is 373 g/mol. The summed E-state index contributed by atoms with van der Waals surface area (Å²) < 4.78 is 5.26. The molecule has 0 aromatic carbocycles. The number of anilines is 1. The topological polar surface area (TPSA) is 71.5 Å².